The van der Waals surface area contributed by atoms with E-state index >= 15 is 0 Å². The monoisotopic (exact) mass is 541 g/mol. The third kappa shape index (κ3) is 6.92. The predicted molar refractivity (Wildman–Crippen MR) is 130 cm³/mol. The summed E-state index contributed by atoms with van der Waals surface area (Å²) in [5.41, 5.74) is 1.01. The Kier molecular flexibility index (Phi) is 7.93. The fraction of sp³-hybridized carbons (Fsp3) is 0.360. The van der Waals surface area contributed by atoms with Gasteiger partial charge in [0.05, 0.1) is 30.3 Å². The van der Waals surface area contributed by atoms with Crippen LogP contribution in [-0.4, -0.2) is 54.4 Å². The lowest BCUT2D eigenvalue weighted by Crippen LogP contribution is -2.60. The first kappa shape index (κ1) is 26.7. The molecule has 2 saturated heterocycles. The number of ether oxygens (including phenoxy) is 2. The molecule has 198 valence electrons. The third-order valence-corrected chi connectivity index (χ3v) is 6.33. The molecule has 2 aromatic rings. The molecule has 0 aliphatic carbocycles. The number of amides is 2. The van der Waals surface area contributed by atoms with Crippen LogP contribution in [-0.2, 0) is 14.3 Å². The van der Waals surface area contributed by atoms with Crippen molar-refractivity contribution in [1.82, 2.24) is 4.90 Å². The lowest BCUT2D eigenvalue weighted by molar-refractivity contribution is -0.274. The van der Waals surface area contributed by atoms with Crippen molar-refractivity contribution < 1.29 is 36.6 Å². The molecule has 7 nitrogen and oxygen atoms in total. The Morgan fingerprint density at radius 3 is 2.38 bits per heavy atom. The molecule has 12 heteroatoms. The maximum atomic E-state index is 13.2. The first-order valence-corrected chi connectivity index (χ1v) is 11.8. The van der Waals surface area contributed by atoms with E-state index in [0.29, 0.717) is 26.1 Å². The van der Waals surface area contributed by atoms with Gasteiger partial charge >= 0.3 is 6.36 Å². The summed E-state index contributed by atoms with van der Waals surface area (Å²) in [7, 11) is 0. The van der Waals surface area contributed by atoms with Crippen molar-refractivity contribution >= 4 is 40.9 Å². The summed E-state index contributed by atoms with van der Waals surface area (Å²) in [4.78, 5) is 26.5. The molecule has 2 heterocycles. The van der Waals surface area contributed by atoms with Crippen LogP contribution in [0.25, 0.3) is 6.08 Å². The van der Waals surface area contributed by atoms with E-state index in [1.807, 2.05) is 0 Å². The first-order chi connectivity index (χ1) is 17.5. The molecular formula is C25H24ClF4N3O4. The zero-order chi connectivity index (χ0) is 26.7. The summed E-state index contributed by atoms with van der Waals surface area (Å²) < 4.78 is 61.2. The molecular weight excluding hydrogens is 518 g/mol. The van der Waals surface area contributed by atoms with Crippen LogP contribution < -0.4 is 15.4 Å². The van der Waals surface area contributed by atoms with Gasteiger partial charge in [-0.3, -0.25) is 9.59 Å². The quantitative estimate of drug-likeness (QED) is 0.387. The van der Waals surface area contributed by atoms with Crippen LogP contribution in [0.2, 0.25) is 5.02 Å². The number of rotatable bonds is 6. The van der Waals surface area contributed by atoms with Crippen LogP contribution in [0.5, 0.6) is 5.75 Å². The number of nitrogens with one attached hydrogen (secondary N) is 2. The molecule has 2 fully saturated rings. The van der Waals surface area contributed by atoms with Crippen molar-refractivity contribution in [3.63, 3.8) is 0 Å². The Morgan fingerprint density at radius 1 is 1.14 bits per heavy atom. The molecule has 2 aliphatic heterocycles. The van der Waals surface area contributed by atoms with Gasteiger partial charge in [-0.05, 0) is 55.3 Å². The zero-order valence-electron chi connectivity index (χ0n) is 19.6. The van der Waals surface area contributed by atoms with E-state index in [-0.39, 0.29) is 46.1 Å². The summed E-state index contributed by atoms with van der Waals surface area (Å²) in [5, 5.41) is 5.51. The summed E-state index contributed by atoms with van der Waals surface area (Å²) >= 11 is 5.91. The molecule has 1 unspecified atom stereocenters. The van der Waals surface area contributed by atoms with Crippen LogP contribution in [0, 0.1) is 5.82 Å². The topological polar surface area (TPSA) is 79.9 Å². The average Bonchev–Trinajstić information content (AvgIpc) is 2.79. The molecule has 37 heavy (non-hydrogen) atoms. The van der Waals surface area contributed by atoms with Crippen LogP contribution >= 0.6 is 11.6 Å². The minimum absolute atomic E-state index is 0.0436. The smallest absolute Gasteiger partial charge is 0.404 e. The van der Waals surface area contributed by atoms with Crippen molar-refractivity contribution in [1.29, 1.82) is 0 Å². The summed E-state index contributed by atoms with van der Waals surface area (Å²) in [5.74, 6) is -1.81. The van der Waals surface area contributed by atoms with Gasteiger partial charge in [-0.1, -0.05) is 11.6 Å². The van der Waals surface area contributed by atoms with Gasteiger partial charge in [-0.15, -0.1) is 13.2 Å². The van der Waals surface area contributed by atoms with E-state index in [9.17, 15) is 27.2 Å². The molecule has 2 N–H and O–H groups in total. The highest BCUT2D eigenvalue weighted by molar-refractivity contribution is 6.32. The maximum Gasteiger partial charge on any atom is 0.573 e. The SMILES string of the molecule is CC(=O)Nc1cc(Cl)c(OC(F)(F)F)cc1C=CC(=O)N1[C@@H]2COC[C@H]1CC(Nc1ccc(F)cc1)C2. The molecule has 2 aliphatic rings. The number of anilines is 2. The number of hydrogen-bond acceptors (Lipinski definition) is 5. The highest BCUT2D eigenvalue weighted by atomic mass is 35.5. The molecule has 0 radical (unpaired) electrons. The fourth-order valence-corrected chi connectivity index (χ4v) is 4.83. The molecule has 3 atom stereocenters. The van der Waals surface area contributed by atoms with Crippen molar-refractivity contribution in [2.75, 3.05) is 23.8 Å². The van der Waals surface area contributed by atoms with Crippen molar-refractivity contribution in [3.05, 3.63) is 58.9 Å². The lowest BCUT2D eigenvalue weighted by Gasteiger charge is -2.48. The molecule has 0 spiro atoms. The normalized spacial score (nSPS) is 21.6. The number of fused-ring (bicyclic) bond motifs is 2. The minimum Gasteiger partial charge on any atom is -0.404 e. The molecule has 2 amide bonds. The number of halogens is 5. The highest BCUT2D eigenvalue weighted by Gasteiger charge is 2.41. The first-order valence-electron chi connectivity index (χ1n) is 11.5. The standard InChI is InChI=1S/C25H24ClF4N3O4/c1-14(34)31-22-11-21(26)23(37-25(28,29)30)8-15(22)2-7-24(35)33-19-9-18(10-20(33)13-36-12-19)32-17-5-3-16(27)4-6-17/h2-8,11,18-20,32H,9-10,12-13H2,1H3,(H,31,34)/t18?,19-,20+. The Morgan fingerprint density at radius 2 is 1.78 bits per heavy atom. The summed E-state index contributed by atoms with van der Waals surface area (Å²) in [6.45, 7) is 1.90. The zero-order valence-corrected chi connectivity index (χ0v) is 20.4. The van der Waals surface area contributed by atoms with Gasteiger partial charge in [0.15, 0.2) is 0 Å². The number of nitrogens with zero attached hydrogens (tertiary/aromatic N) is 1. The average molecular weight is 542 g/mol. The Bertz CT molecular complexity index is 1180. The van der Waals surface area contributed by atoms with Crippen LogP contribution in [0.3, 0.4) is 0 Å². The van der Waals surface area contributed by atoms with Crippen molar-refractivity contribution in [2.24, 2.45) is 0 Å². The number of piperidine rings is 1. The maximum absolute atomic E-state index is 13.2. The van der Waals surface area contributed by atoms with Gasteiger partial charge in [0.2, 0.25) is 11.8 Å². The van der Waals surface area contributed by atoms with Crippen molar-refractivity contribution in [2.45, 2.75) is 44.3 Å². The Labute approximate surface area is 215 Å². The van der Waals surface area contributed by atoms with E-state index in [1.54, 1.807) is 17.0 Å². The molecule has 4 rings (SSSR count). The number of morpholine rings is 1. The number of alkyl halides is 3. The van der Waals surface area contributed by atoms with Gasteiger partial charge < -0.3 is 25.0 Å². The van der Waals surface area contributed by atoms with Gasteiger partial charge in [0.1, 0.15) is 11.6 Å². The van der Waals surface area contributed by atoms with Gasteiger partial charge in [-0.25, -0.2) is 4.39 Å². The molecule has 2 aromatic carbocycles. The van der Waals surface area contributed by atoms with E-state index in [4.69, 9.17) is 16.3 Å². The second kappa shape index (κ2) is 11.0. The number of benzene rings is 2. The second-order valence-electron chi connectivity index (χ2n) is 8.84. The largest absolute Gasteiger partial charge is 0.573 e. The number of carbonyl (C=O) groups is 2. The van der Waals surface area contributed by atoms with E-state index in [2.05, 4.69) is 15.4 Å². The van der Waals surface area contributed by atoms with Gasteiger partial charge in [0.25, 0.3) is 0 Å². The summed E-state index contributed by atoms with van der Waals surface area (Å²) in [6.07, 6.45) is -1.23. The van der Waals surface area contributed by atoms with E-state index in [1.165, 1.54) is 31.2 Å². The molecule has 0 saturated carbocycles. The van der Waals surface area contributed by atoms with Gasteiger partial charge in [0, 0.05) is 36.0 Å². The molecule has 2 bridgehead atoms. The lowest BCUT2D eigenvalue weighted by atomic mass is 9.89. The highest BCUT2D eigenvalue weighted by Crippen LogP contribution is 2.36. The van der Waals surface area contributed by atoms with Crippen LogP contribution in [0.15, 0.2) is 42.5 Å². The van der Waals surface area contributed by atoms with Gasteiger partial charge in [-0.2, -0.15) is 0 Å². The Balaban J connectivity index is 1.51. The van der Waals surface area contributed by atoms with Crippen LogP contribution in [0.1, 0.15) is 25.3 Å². The number of carbonyl (C=O) groups excluding carboxylic acids is 2. The second-order valence-corrected chi connectivity index (χ2v) is 9.25. The minimum atomic E-state index is -4.97. The Hall–Kier alpha value is -3.31. The predicted octanol–water partition coefficient (Wildman–Crippen LogP) is 5.22. The third-order valence-electron chi connectivity index (χ3n) is 6.04. The molecule has 0 aromatic heterocycles. The fourth-order valence-electron chi connectivity index (χ4n) is 4.63. The van der Waals surface area contributed by atoms with E-state index in [0.717, 1.165) is 17.8 Å². The van der Waals surface area contributed by atoms with Crippen molar-refractivity contribution in [3.8, 4) is 5.75 Å². The number of hydrogen-bond donors (Lipinski definition) is 2. The van der Waals surface area contributed by atoms with E-state index < -0.39 is 18.0 Å². The summed E-state index contributed by atoms with van der Waals surface area (Å²) in [6, 6.07) is 7.76. The van der Waals surface area contributed by atoms with Crippen LogP contribution in [0.4, 0.5) is 28.9 Å².